The molecule has 1 fully saturated rings. The van der Waals surface area contributed by atoms with Crippen LogP contribution >= 0.6 is 11.3 Å². The van der Waals surface area contributed by atoms with E-state index in [1.54, 1.807) is 11.8 Å². The van der Waals surface area contributed by atoms with Gasteiger partial charge in [-0.2, -0.15) is 4.31 Å². The van der Waals surface area contributed by atoms with E-state index in [0.717, 1.165) is 30.0 Å². The minimum atomic E-state index is -3.80. The van der Waals surface area contributed by atoms with Crippen LogP contribution in [0.3, 0.4) is 0 Å². The molecule has 1 aromatic heterocycles. The number of amides is 3. The second-order valence-corrected chi connectivity index (χ2v) is 12.8. The number of ether oxygens (including phenoxy) is 1. The lowest BCUT2D eigenvalue weighted by Gasteiger charge is -2.33. The number of likely N-dealkylation sites (N-methyl/N-ethyl adjacent to an activating group) is 1. The Morgan fingerprint density at radius 1 is 1.00 bits per heavy atom. The first-order valence-electron chi connectivity index (χ1n) is 13.6. The predicted octanol–water partition coefficient (Wildman–Crippen LogP) is 2.93. The molecule has 11 nitrogen and oxygen atoms in total. The third-order valence-corrected chi connectivity index (χ3v) is 10.3. The van der Waals surface area contributed by atoms with Gasteiger partial charge in [0, 0.05) is 62.8 Å². The first-order chi connectivity index (χ1) is 19.1. The molecule has 0 saturated carbocycles. The first-order valence-corrected chi connectivity index (χ1v) is 15.8. The van der Waals surface area contributed by atoms with E-state index in [9.17, 15) is 22.8 Å². The summed E-state index contributed by atoms with van der Waals surface area (Å²) in [7, 11) is -1.76. The fraction of sp³-hybridized carbons (Fsp3) is 0.519. The summed E-state index contributed by atoms with van der Waals surface area (Å²) in [6.07, 6.45) is 0.289. The molecular weight excluding hydrogens is 554 g/mol. The summed E-state index contributed by atoms with van der Waals surface area (Å²) in [6, 6.07) is 5.78. The van der Waals surface area contributed by atoms with Crippen molar-refractivity contribution in [3.63, 3.8) is 0 Å². The van der Waals surface area contributed by atoms with Crippen molar-refractivity contribution in [1.82, 2.24) is 19.0 Å². The predicted molar refractivity (Wildman–Crippen MR) is 153 cm³/mol. The van der Waals surface area contributed by atoms with Crippen LogP contribution in [-0.2, 0) is 27.7 Å². The summed E-state index contributed by atoms with van der Waals surface area (Å²) < 4.78 is 32.7. The second-order valence-electron chi connectivity index (χ2n) is 9.74. The molecule has 0 unspecified atom stereocenters. The molecule has 2 aromatic rings. The van der Waals surface area contributed by atoms with Crippen molar-refractivity contribution < 1.29 is 27.5 Å². The van der Waals surface area contributed by atoms with Crippen LogP contribution < -0.4 is 5.32 Å². The van der Waals surface area contributed by atoms with Crippen LogP contribution in [0, 0.1) is 0 Å². The number of hydrogen-bond acceptors (Lipinski definition) is 8. The van der Waals surface area contributed by atoms with Crippen LogP contribution in [0.1, 0.15) is 51.9 Å². The molecule has 0 aliphatic carbocycles. The Kier molecular flexibility index (Phi) is 9.49. The normalized spacial score (nSPS) is 16.4. The molecule has 0 spiro atoms. The highest BCUT2D eigenvalue weighted by atomic mass is 32.2. The summed E-state index contributed by atoms with van der Waals surface area (Å²) in [6.45, 7) is 9.35. The van der Waals surface area contributed by atoms with Crippen molar-refractivity contribution in [2.45, 2.75) is 38.6 Å². The van der Waals surface area contributed by atoms with E-state index < -0.39 is 22.0 Å². The lowest BCUT2D eigenvalue weighted by atomic mass is 10.0. The maximum absolute atomic E-state index is 13.4. The zero-order valence-electron chi connectivity index (χ0n) is 23.4. The number of hydrogen-bond donors (Lipinski definition) is 1. The van der Waals surface area contributed by atoms with E-state index in [0.29, 0.717) is 23.7 Å². The number of rotatable bonds is 8. The van der Waals surface area contributed by atoms with Crippen LogP contribution in [0.15, 0.2) is 29.2 Å². The second kappa shape index (κ2) is 12.7. The number of carbonyl (C=O) groups excluding carboxylic acids is 3. The molecule has 218 valence electrons. The molecule has 3 amide bonds. The highest BCUT2D eigenvalue weighted by Crippen LogP contribution is 2.38. The molecule has 13 heteroatoms. The van der Waals surface area contributed by atoms with Gasteiger partial charge >= 0.3 is 6.09 Å². The maximum atomic E-state index is 13.4. The molecule has 0 atom stereocenters. The monoisotopic (exact) mass is 591 g/mol. The number of piperazine rings is 1. The molecule has 4 rings (SSSR count). The van der Waals surface area contributed by atoms with Gasteiger partial charge in [0.05, 0.1) is 17.1 Å². The Morgan fingerprint density at radius 2 is 1.65 bits per heavy atom. The smallest absolute Gasteiger partial charge is 0.409 e. The highest BCUT2D eigenvalue weighted by molar-refractivity contribution is 7.89. The van der Waals surface area contributed by atoms with Gasteiger partial charge in [-0.1, -0.05) is 0 Å². The highest BCUT2D eigenvalue weighted by Gasteiger charge is 2.32. The number of benzene rings is 1. The number of nitrogens with zero attached hydrogens (tertiary/aromatic N) is 4. The van der Waals surface area contributed by atoms with Crippen LogP contribution in [0.4, 0.5) is 9.80 Å². The van der Waals surface area contributed by atoms with Gasteiger partial charge in [-0.05, 0) is 64.1 Å². The van der Waals surface area contributed by atoms with Crippen molar-refractivity contribution in [3.05, 3.63) is 45.8 Å². The van der Waals surface area contributed by atoms with Gasteiger partial charge < -0.3 is 24.8 Å². The summed E-state index contributed by atoms with van der Waals surface area (Å²) in [4.78, 5) is 45.2. The third kappa shape index (κ3) is 6.17. The average Bonchev–Trinajstić information content (AvgIpc) is 3.30. The topological polar surface area (TPSA) is 120 Å². The SMILES string of the molecule is CCOC(=O)N1CCN(S(=O)(=O)c2ccc(C(=O)Nc3sc4c(c3C(=O)N(CC)CC)CCN(C)C4)cc2)CC1. The van der Waals surface area contributed by atoms with Crippen LogP contribution in [0.25, 0.3) is 0 Å². The van der Waals surface area contributed by atoms with E-state index in [-0.39, 0.29) is 49.2 Å². The Labute approximate surface area is 239 Å². The maximum Gasteiger partial charge on any atom is 0.409 e. The fourth-order valence-electron chi connectivity index (χ4n) is 4.94. The molecule has 1 aromatic carbocycles. The van der Waals surface area contributed by atoms with Gasteiger partial charge in [0.2, 0.25) is 10.0 Å². The molecule has 1 N–H and O–H groups in total. The molecule has 3 heterocycles. The number of sulfonamides is 1. The number of fused-ring (bicyclic) bond motifs is 1. The van der Waals surface area contributed by atoms with Crippen molar-refractivity contribution in [3.8, 4) is 0 Å². The van der Waals surface area contributed by atoms with E-state index in [2.05, 4.69) is 10.2 Å². The van der Waals surface area contributed by atoms with Gasteiger partial charge in [0.1, 0.15) is 5.00 Å². The van der Waals surface area contributed by atoms with E-state index in [4.69, 9.17) is 4.74 Å². The Hall–Kier alpha value is -3.00. The summed E-state index contributed by atoms with van der Waals surface area (Å²) >= 11 is 1.43. The van der Waals surface area contributed by atoms with Crippen molar-refractivity contribution in [2.24, 2.45) is 0 Å². The molecular formula is C27H37N5O6S2. The minimum Gasteiger partial charge on any atom is -0.450 e. The number of thiophene rings is 1. The molecule has 2 aliphatic rings. The summed E-state index contributed by atoms with van der Waals surface area (Å²) in [5.74, 6) is -0.501. The van der Waals surface area contributed by atoms with Crippen LogP contribution in [-0.4, -0.2) is 105 Å². The quantitative estimate of drug-likeness (QED) is 0.501. The fourth-order valence-corrected chi connectivity index (χ4v) is 7.68. The van der Waals surface area contributed by atoms with Crippen LogP contribution in [0.2, 0.25) is 0 Å². The molecule has 0 bridgehead atoms. The Bertz CT molecular complexity index is 1350. The van der Waals surface area contributed by atoms with Gasteiger partial charge in [-0.25, -0.2) is 13.2 Å². The zero-order valence-corrected chi connectivity index (χ0v) is 25.1. The zero-order chi connectivity index (χ0) is 29.0. The lowest BCUT2D eigenvalue weighted by Crippen LogP contribution is -2.50. The molecule has 1 saturated heterocycles. The lowest BCUT2D eigenvalue weighted by molar-refractivity contribution is 0.0772. The van der Waals surface area contributed by atoms with Gasteiger partial charge in [-0.3, -0.25) is 9.59 Å². The van der Waals surface area contributed by atoms with Crippen molar-refractivity contribution >= 4 is 44.3 Å². The molecule has 2 aliphatic heterocycles. The first kappa shape index (κ1) is 30.0. The van der Waals surface area contributed by atoms with Crippen molar-refractivity contribution in [1.29, 1.82) is 0 Å². The Morgan fingerprint density at radius 3 is 2.25 bits per heavy atom. The van der Waals surface area contributed by atoms with Gasteiger partial charge in [0.15, 0.2) is 0 Å². The average molecular weight is 592 g/mol. The number of carbonyl (C=O) groups is 3. The van der Waals surface area contributed by atoms with Crippen LogP contribution in [0.5, 0.6) is 0 Å². The largest absolute Gasteiger partial charge is 0.450 e. The standard InChI is InChI=1S/C27H37N5O6S2/c1-5-30(6-2)26(34)23-21-12-13-29(4)18-22(21)39-25(23)28-24(33)19-8-10-20(11-9-19)40(36,37)32-16-14-31(15-17-32)27(35)38-7-3/h8-11H,5-7,12-18H2,1-4H3,(H,28,33). The summed E-state index contributed by atoms with van der Waals surface area (Å²) in [5.41, 5.74) is 1.85. The van der Waals surface area contributed by atoms with Gasteiger partial charge in [-0.15, -0.1) is 11.3 Å². The number of nitrogens with one attached hydrogen (secondary N) is 1. The van der Waals surface area contributed by atoms with E-state index in [1.807, 2.05) is 20.9 Å². The van der Waals surface area contributed by atoms with E-state index in [1.165, 1.54) is 44.8 Å². The Balaban J connectivity index is 1.50. The van der Waals surface area contributed by atoms with Gasteiger partial charge in [0.25, 0.3) is 11.8 Å². The van der Waals surface area contributed by atoms with E-state index >= 15 is 0 Å². The number of anilines is 1. The minimum absolute atomic E-state index is 0.0701. The molecule has 40 heavy (non-hydrogen) atoms. The third-order valence-electron chi connectivity index (χ3n) is 7.26. The molecule has 0 radical (unpaired) electrons. The van der Waals surface area contributed by atoms with Crippen molar-refractivity contribution in [2.75, 3.05) is 64.8 Å². The summed E-state index contributed by atoms with van der Waals surface area (Å²) in [5, 5.41) is 3.46.